The monoisotopic (exact) mass is 398 g/mol. The molecule has 1 heterocycles. The highest BCUT2D eigenvalue weighted by Crippen LogP contribution is 2.31. The SMILES string of the molecule is Cc1nn(C)c(C)c1NC(=O)CSc1ccc(Br)cc1[N+](=O)[O-]. The van der Waals surface area contributed by atoms with Crippen LogP contribution in [0.1, 0.15) is 11.4 Å². The second kappa shape index (κ2) is 7.14. The summed E-state index contributed by atoms with van der Waals surface area (Å²) >= 11 is 4.33. The summed E-state index contributed by atoms with van der Waals surface area (Å²) in [5, 5.41) is 18.1. The molecule has 0 unspecified atom stereocenters. The standard InChI is InChI=1S/C14H15BrN4O3S/c1-8-14(9(2)18(3)17-8)16-13(20)7-23-12-5-4-10(15)6-11(12)19(21)22/h4-6H,7H2,1-3H3,(H,16,20). The lowest BCUT2D eigenvalue weighted by Crippen LogP contribution is -2.15. The third kappa shape index (κ3) is 4.11. The normalized spacial score (nSPS) is 10.6. The van der Waals surface area contributed by atoms with E-state index < -0.39 is 4.92 Å². The molecule has 0 atom stereocenters. The number of aryl methyl sites for hydroxylation is 2. The zero-order chi connectivity index (χ0) is 17.1. The number of hydrogen-bond acceptors (Lipinski definition) is 5. The minimum atomic E-state index is -0.458. The summed E-state index contributed by atoms with van der Waals surface area (Å²) < 4.78 is 2.32. The van der Waals surface area contributed by atoms with Gasteiger partial charge in [-0.15, -0.1) is 11.8 Å². The van der Waals surface area contributed by atoms with E-state index in [2.05, 4.69) is 26.3 Å². The van der Waals surface area contributed by atoms with Crippen LogP contribution in [0.3, 0.4) is 0 Å². The summed E-state index contributed by atoms with van der Waals surface area (Å²) in [6.07, 6.45) is 0. The number of aromatic nitrogens is 2. The molecule has 0 saturated carbocycles. The minimum Gasteiger partial charge on any atom is -0.322 e. The summed E-state index contributed by atoms with van der Waals surface area (Å²) in [7, 11) is 1.80. The van der Waals surface area contributed by atoms with E-state index in [0.29, 0.717) is 15.1 Å². The lowest BCUT2D eigenvalue weighted by atomic mass is 10.3. The molecular weight excluding hydrogens is 384 g/mol. The maximum atomic E-state index is 12.1. The first-order valence-corrected chi connectivity index (χ1v) is 8.44. The molecule has 2 aromatic rings. The van der Waals surface area contributed by atoms with Crippen LogP contribution >= 0.6 is 27.7 Å². The predicted molar refractivity (Wildman–Crippen MR) is 92.8 cm³/mol. The Balaban J connectivity index is 2.07. The van der Waals surface area contributed by atoms with Gasteiger partial charge in [0.05, 0.1) is 32.6 Å². The van der Waals surface area contributed by atoms with E-state index in [1.165, 1.54) is 6.07 Å². The van der Waals surface area contributed by atoms with Gasteiger partial charge in [-0.05, 0) is 26.0 Å². The number of halogens is 1. The molecule has 0 fully saturated rings. The molecule has 2 rings (SSSR count). The van der Waals surface area contributed by atoms with Crippen LogP contribution in [0, 0.1) is 24.0 Å². The molecule has 0 aliphatic heterocycles. The van der Waals surface area contributed by atoms with Crippen LogP contribution in [0.4, 0.5) is 11.4 Å². The van der Waals surface area contributed by atoms with Crippen molar-refractivity contribution < 1.29 is 9.72 Å². The Morgan fingerprint density at radius 2 is 2.17 bits per heavy atom. The smallest absolute Gasteiger partial charge is 0.284 e. The second-order valence-corrected chi connectivity index (χ2v) is 6.81. The lowest BCUT2D eigenvalue weighted by Gasteiger charge is -2.06. The summed E-state index contributed by atoms with van der Waals surface area (Å²) in [6, 6.07) is 4.76. The number of nitro benzene ring substituents is 1. The molecule has 0 radical (unpaired) electrons. The first-order valence-electron chi connectivity index (χ1n) is 6.66. The van der Waals surface area contributed by atoms with Gasteiger partial charge in [0.25, 0.3) is 5.69 Å². The van der Waals surface area contributed by atoms with Gasteiger partial charge in [-0.1, -0.05) is 15.9 Å². The zero-order valence-electron chi connectivity index (χ0n) is 12.8. The number of hydrogen-bond donors (Lipinski definition) is 1. The predicted octanol–water partition coefficient (Wildman–Crippen LogP) is 3.44. The van der Waals surface area contributed by atoms with E-state index in [0.717, 1.165) is 23.1 Å². The molecule has 1 aromatic heterocycles. The van der Waals surface area contributed by atoms with Gasteiger partial charge in [-0.3, -0.25) is 19.6 Å². The van der Waals surface area contributed by atoms with Gasteiger partial charge in [-0.2, -0.15) is 5.10 Å². The lowest BCUT2D eigenvalue weighted by molar-refractivity contribution is -0.387. The molecule has 1 aromatic carbocycles. The van der Waals surface area contributed by atoms with Crippen molar-refractivity contribution in [2.45, 2.75) is 18.7 Å². The van der Waals surface area contributed by atoms with Crippen molar-refractivity contribution in [3.63, 3.8) is 0 Å². The highest BCUT2D eigenvalue weighted by molar-refractivity contribution is 9.10. The molecular formula is C14H15BrN4O3S. The highest BCUT2D eigenvalue weighted by atomic mass is 79.9. The van der Waals surface area contributed by atoms with Crippen molar-refractivity contribution in [3.05, 3.63) is 44.2 Å². The Hall–Kier alpha value is -1.87. The molecule has 1 N–H and O–H groups in total. The number of carbonyl (C=O) groups excluding carboxylic acids is 1. The Morgan fingerprint density at radius 3 is 2.74 bits per heavy atom. The molecule has 23 heavy (non-hydrogen) atoms. The average Bonchev–Trinajstić information content (AvgIpc) is 2.72. The van der Waals surface area contributed by atoms with Crippen molar-refractivity contribution in [2.75, 3.05) is 11.1 Å². The third-order valence-electron chi connectivity index (χ3n) is 3.25. The van der Waals surface area contributed by atoms with E-state index >= 15 is 0 Å². The quantitative estimate of drug-likeness (QED) is 0.473. The fraction of sp³-hybridized carbons (Fsp3) is 0.286. The first-order chi connectivity index (χ1) is 10.8. The fourth-order valence-corrected chi connectivity index (χ4v) is 3.18. The molecule has 0 spiro atoms. The van der Waals surface area contributed by atoms with Gasteiger partial charge >= 0.3 is 0 Å². The zero-order valence-corrected chi connectivity index (χ0v) is 15.2. The van der Waals surface area contributed by atoms with E-state index in [4.69, 9.17) is 0 Å². The number of nitrogens with one attached hydrogen (secondary N) is 1. The highest BCUT2D eigenvalue weighted by Gasteiger charge is 2.17. The number of nitro groups is 1. The Labute approximate surface area is 145 Å². The van der Waals surface area contributed by atoms with Gasteiger partial charge < -0.3 is 5.32 Å². The number of carbonyl (C=O) groups is 1. The Morgan fingerprint density at radius 1 is 1.48 bits per heavy atom. The molecule has 0 bridgehead atoms. The van der Waals surface area contributed by atoms with Gasteiger partial charge in [0.15, 0.2) is 0 Å². The van der Waals surface area contributed by atoms with Crippen LogP contribution in [0.15, 0.2) is 27.6 Å². The van der Waals surface area contributed by atoms with Crippen LogP contribution in [0.5, 0.6) is 0 Å². The maximum Gasteiger partial charge on any atom is 0.284 e. The maximum absolute atomic E-state index is 12.1. The Bertz CT molecular complexity index is 776. The van der Waals surface area contributed by atoms with E-state index in [-0.39, 0.29) is 17.3 Å². The van der Waals surface area contributed by atoms with E-state index in [1.807, 2.05) is 13.8 Å². The van der Waals surface area contributed by atoms with Crippen LogP contribution in [0.25, 0.3) is 0 Å². The number of rotatable bonds is 5. The van der Waals surface area contributed by atoms with Gasteiger partial charge in [-0.25, -0.2) is 0 Å². The van der Waals surface area contributed by atoms with Crippen LogP contribution in [-0.2, 0) is 11.8 Å². The summed E-state index contributed by atoms with van der Waals surface area (Å²) in [4.78, 5) is 23.2. The molecule has 9 heteroatoms. The van der Waals surface area contributed by atoms with Gasteiger partial charge in [0.2, 0.25) is 5.91 Å². The number of nitrogens with zero attached hydrogens (tertiary/aromatic N) is 3. The van der Waals surface area contributed by atoms with Crippen molar-refractivity contribution in [1.82, 2.24) is 9.78 Å². The summed E-state index contributed by atoms with van der Waals surface area (Å²) in [6.45, 7) is 3.68. The van der Waals surface area contributed by atoms with Crippen molar-refractivity contribution in [1.29, 1.82) is 0 Å². The fourth-order valence-electron chi connectivity index (χ4n) is 2.03. The molecule has 122 valence electrons. The van der Waals surface area contributed by atoms with Crippen LogP contribution in [0.2, 0.25) is 0 Å². The van der Waals surface area contributed by atoms with Gasteiger partial charge in [0, 0.05) is 17.6 Å². The largest absolute Gasteiger partial charge is 0.322 e. The van der Waals surface area contributed by atoms with Crippen LogP contribution in [-0.4, -0.2) is 26.4 Å². The van der Waals surface area contributed by atoms with E-state index in [1.54, 1.807) is 23.9 Å². The van der Waals surface area contributed by atoms with Crippen molar-refractivity contribution in [2.24, 2.45) is 7.05 Å². The first kappa shape index (κ1) is 17.5. The number of thioether (sulfide) groups is 1. The number of anilines is 1. The van der Waals surface area contributed by atoms with E-state index in [9.17, 15) is 14.9 Å². The number of amides is 1. The summed E-state index contributed by atoms with van der Waals surface area (Å²) in [5.41, 5.74) is 2.25. The molecule has 0 aliphatic carbocycles. The molecule has 0 aliphatic rings. The minimum absolute atomic E-state index is 0.0223. The third-order valence-corrected chi connectivity index (χ3v) is 4.81. The van der Waals surface area contributed by atoms with Crippen LogP contribution < -0.4 is 5.32 Å². The molecule has 0 saturated heterocycles. The average molecular weight is 399 g/mol. The summed E-state index contributed by atoms with van der Waals surface area (Å²) in [5.74, 6) is -0.151. The van der Waals surface area contributed by atoms with Gasteiger partial charge in [0.1, 0.15) is 0 Å². The Kier molecular flexibility index (Phi) is 5.42. The van der Waals surface area contributed by atoms with Crippen molar-refractivity contribution >= 4 is 45.0 Å². The van der Waals surface area contributed by atoms with Crippen molar-refractivity contribution in [3.8, 4) is 0 Å². The number of benzene rings is 1. The second-order valence-electron chi connectivity index (χ2n) is 4.88. The molecule has 7 nitrogen and oxygen atoms in total. The topological polar surface area (TPSA) is 90.1 Å². The molecule has 1 amide bonds.